The number of para-hydroxylation sites is 1. The largest absolute Gasteiger partial charge is 0.380 e. The van der Waals surface area contributed by atoms with Crippen molar-refractivity contribution in [2.75, 3.05) is 31.1 Å². The van der Waals surface area contributed by atoms with Crippen molar-refractivity contribution in [3.05, 3.63) is 83.2 Å². The first-order valence-corrected chi connectivity index (χ1v) is 9.99. The third-order valence-corrected chi connectivity index (χ3v) is 5.63. The van der Waals surface area contributed by atoms with Gasteiger partial charge in [-0.1, -0.05) is 42.0 Å². The van der Waals surface area contributed by atoms with Crippen LogP contribution in [0.15, 0.2) is 54.9 Å². The first-order chi connectivity index (χ1) is 14.0. The minimum atomic E-state index is -0.966. The number of aryl methyl sites for hydroxylation is 2. The Morgan fingerprint density at radius 3 is 2.45 bits per heavy atom. The zero-order valence-electron chi connectivity index (χ0n) is 16.9. The van der Waals surface area contributed by atoms with Gasteiger partial charge in [-0.25, -0.2) is 9.37 Å². The third kappa shape index (κ3) is 4.18. The van der Waals surface area contributed by atoms with Crippen LogP contribution in [0.3, 0.4) is 0 Å². The van der Waals surface area contributed by atoms with E-state index in [0.29, 0.717) is 30.2 Å². The quantitative estimate of drug-likeness (QED) is 0.721. The molecule has 6 heteroatoms. The van der Waals surface area contributed by atoms with Crippen molar-refractivity contribution >= 4 is 5.69 Å². The summed E-state index contributed by atoms with van der Waals surface area (Å²) in [5.41, 5.74) is 3.60. The van der Waals surface area contributed by atoms with Gasteiger partial charge in [-0.15, -0.1) is 0 Å². The predicted octanol–water partition coefficient (Wildman–Crippen LogP) is 3.27. The van der Waals surface area contributed by atoms with Crippen LogP contribution in [-0.4, -0.2) is 45.7 Å². The second-order valence-electron chi connectivity index (χ2n) is 7.73. The molecular formula is C23H27FN4O. The number of halogens is 1. The first kappa shape index (κ1) is 19.6. The van der Waals surface area contributed by atoms with Crippen molar-refractivity contribution < 1.29 is 9.50 Å². The van der Waals surface area contributed by atoms with Crippen LogP contribution in [0.2, 0.25) is 0 Å². The molecule has 0 spiro atoms. The van der Waals surface area contributed by atoms with Crippen molar-refractivity contribution in [3.63, 3.8) is 0 Å². The number of hydrogen-bond acceptors (Lipinski definition) is 4. The van der Waals surface area contributed by atoms with Crippen molar-refractivity contribution in [2.45, 2.75) is 19.6 Å². The third-order valence-electron chi connectivity index (χ3n) is 5.63. The number of imidazole rings is 1. The van der Waals surface area contributed by atoms with E-state index in [-0.39, 0.29) is 5.82 Å². The molecule has 0 aliphatic carbocycles. The maximum atomic E-state index is 14.8. The van der Waals surface area contributed by atoms with Gasteiger partial charge in [-0.3, -0.25) is 4.90 Å². The molecule has 0 radical (unpaired) electrons. The lowest BCUT2D eigenvalue weighted by Gasteiger charge is -2.37. The van der Waals surface area contributed by atoms with E-state index in [1.807, 2.05) is 11.9 Å². The molecule has 1 fully saturated rings. The summed E-state index contributed by atoms with van der Waals surface area (Å²) in [6.45, 7) is 6.11. The lowest BCUT2D eigenvalue weighted by Crippen LogP contribution is -2.46. The zero-order chi connectivity index (χ0) is 20.4. The topological polar surface area (TPSA) is 44.5 Å². The van der Waals surface area contributed by atoms with Crippen molar-refractivity contribution in [1.29, 1.82) is 0 Å². The highest BCUT2D eigenvalue weighted by Gasteiger charge is 2.26. The van der Waals surface area contributed by atoms with E-state index in [1.165, 1.54) is 17.2 Å². The lowest BCUT2D eigenvalue weighted by molar-refractivity contribution is 0.205. The minimum Gasteiger partial charge on any atom is -0.380 e. The van der Waals surface area contributed by atoms with Gasteiger partial charge in [0.05, 0.1) is 5.69 Å². The van der Waals surface area contributed by atoms with Gasteiger partial charge in [0, 0.05) is 57.7 Å². The highest BCUT2D eigenvalue weighted by molar-refractivity contribution is 5.57. The monoisotopic (exact) mass is 394 g/mol. The standard InChI is InChI=1S/C23H27FN4O/c1-17-6-8-18(9-7-17)16-27-12-14-28(15-13-27)21-19(4-3-5-20(21)24)22(29)23-25-10-11-26(23)2/h3-11,22,29H,12-16H2,1-2H3/t22-/m0/s1. The van der Waals surface area contributed by atoms with Crippen molar-refractivity contribution in [3.8, 4) is 0 Å². The first-order valence-electron chi connectivity index (χ1n) is 9.99. The molecule has 0 unspecified atom stereocenters. The number of piperazine rings is 1. The SMILES string of the molecule is Cc1ccc(CN2CCN(c3c(F)cccc3[C@H](O)c3nccn3C)CC2)cc1. The Kier molecular flexibility index (Phi) is 5.65. The molecule has 0 saturated carbocycles. The fourth-order valence-corrected chi connectivity index (χ4v) is 3.95. The van der Waals surface area contributed by atoms with Gasteiger partial charge in [0.25, 0.3) is 0 Å². The number of nitrogens with zero attached hydrogens (tertiary/aromatic N) is 4. The molecule has 1 aliphatic rings. The number of aliphatic hydroxyl groups is 1. The fraction of sp³-hybridized carbons (Fsp3) is 0.348. The summed E-state index contributed by atoms with van der Waals surface area (Å²) in [6.07, 6.45) is 2.45. The van der Waals surface area contributed by atoms with Gasteiger partial charge in [0.2, 0.25) is 0 Å². The van der Waals surface area contributed by atoms with Gasteiger partial charge in [-0.05, 0) is 18.6 Å². The zero-order valence-corrected chi connectivity index (χ0v) is 16.9. The lowest BCUT2D eigenvalue weighted by atomic mass is 10.0. The highest BCUT2D eigenvalue weighted by Crippen LogP contribution is 2.33. The molecule has 1 N–H and O–H groups in total. The molecule has 3 aromatic rings. The molecule has 4 rings (SSSR count). The molecule has 152 valence electrons. The van der Waals surface area contributed by atoms with E-state index in [0.717, 1.165) is 19.6 Å². The molecular weight excluding hydrogens is 367 g/mol. The Bertz CT molecular complexity index is 961. The average Bonchev–Trinajstić information content (AvgIpc) is 3.16. The summed E-state index contributed by atoms with van der Waals surface area (Å²) in [7, 11) is 1.83. The van der Waals surface area contributed by atoms with Gasteiger partial charge in [-0.2, -0.15) is 0 Å². The maximum Gasteiger partial charge on any atom is 0.146 e. The van der Waals surface area contributed by atoms with E-state index in [1.54, 1.807) is 29.1 Å². The Morgan fingerprint density at radius 1 is 1.07 bits per heavy atom. The molecule has 2 heterocycles. The smallest absolute Gasteiger partial charge is 0.146 e. The molecule has 0 amide bonds. The number of benzene rings is 2. The fourth-order valence-electron chi connectivity index (χ4n) is 3.95. The van der Waals surface area contributed by atoms with E-state index in [4.69, 9.17) is 0 Å². The van der Waals surface area contributed by atoms with Crippen molar-refractivity contribution in [1.82, 2.24) is 14.5 Å². The molecule has 1 aromatic heterocycles. The van der Waals surface area contributed by atoms with Gasteiger partial charge in [0.1, 0.15) is 17.7 Å². The van der Waals surface area contributed by atoms with Crippen LogP contribution in [0.4, 0.5) is 10.1 Å². The van der Waals surface area contributed by atoms with Crippen LogP contribution in [0.1, 0.15) is 28.6 Å². The van der Waals surface area contributed by atoms with Crippen molar-refractivity contribution in [2.24, 2.45) is 7.05 Å². The number of aromatic nitrogens is 2. The summed E-state index contributed by atoms with van der Waals surface area (Å²) < 4.78 is 16.6. The van der Waals surface area contributed by atoms with Crippen LogP contribution in [0, 0.1) is 12.7 Å². The van der Waals surface area contributed by atoms with Crippen LogP contribution in [0.5, 0.6) is 0 Å². The number of aliphatic hydroxyl groups excluding tert-OH is 1. The van der Waals surface area contributed by atoms with Gasteiger partial charge >= 0.3 is 0 Å². The molecule has 0 bridgehead atoms. The van der Waals surface area contributed by atoms with E-state index in [2.05, 4.69) is 41.1 Å². The van der Waals surface area contributed by atoms with Crippen LogP contribution in [-0.2, 0) is 13.6 Å². The van der Waals surface area contributed by atoms with Gasteiger partial charge < -0.3 is 14.6 Å². The van der Waals surface area contributed by atoms with E-state index < -0.39 is 6.10 Å². The number of rotatable bonds is 5. The van der Waals surface area contributed by atoms with E-state index >= 15 is 0 Å². The van der Waals surface area contributed by atoms with Crippen LogP contribution in [0.25, 0.3) is 0 Å². The molecule has 1 atom stereocenters. The second-order valence-corrected chi connectivity index (χ2v) is 7.73. The average molecular weight is 394 g/mol. The van der Waals surface area contributed by atoms with Gasteiger partial charge in [0.15, 0.2) is 0 Å². The number of anilines is 1. The summed E-state index contributed by atoms with van der Waals surface area (Å²) in [5, 5.41) is 10.9. The molecule has 5 nitrogen and oxygen atoms in total. The van der Waals surface area contributed by atoms with Crippen LogP contribution >= 0.6 is 0 Å². The highest BCUT2D eigenvalue weighted by atomic mass is 19.1. The Labute approximate surface area is 171 Å². The molecule has 1 saturated heterocycles. The Morgan fingerprint density at radius 2 is 1.79 bits per heavy atom. The summed E-state index contributed by atoms with van der Waals surface area (Å²) in [6, 6.07) is 13.5. The maximum absolute atomic E-state index is 14.8. The number of hydrogen-bond donors (Lipinski definition) is 1. The second kappa shape index (κ2) is 8.35. The minimum absolute atomic E-state index is 0.303. The summed E-state index contributed by atoms with van der Waals surface area (Å²) >= 11 is 0. The molecule has 1 aliphatic heterocycles. The Hall–Kier alpha value is -2.70. The molecule has 29 heavy (non-hydrogen) atoms. The summed E-state index contributed by atoms with van der Waals surface area (Å²) in [5.74, 6) is 0.206. The Balaban J connectivity index is 1.50. The summed E-state index contributed by atoms with van der Waals surface area (Å²) in [4.78, 5) is 8.67. The molecule has 2 aromatic carbocycles. The predicted molar refractivity (Wildman–Crippen MR) is 112 cm³/mol. The van der Waals surface area contributed by atoms with Crippen LogP contribution < -0.4 is 4.90 Å². The normalized spacial score (nSPS) is 16.2. The van der Waals surface area contributed by atoms with E-state index in [9.17, 15) is 9.50 Å².